The predicted molar refractivity (Wildman–Crippen MR) is 70.6 cm³/mol. The molecule has 2 aromatic rings. The zero-order valence-corrected chi connectivity index (χ0v) is 10.0. The van der Waals surface area contributed by atoms with Gasteiger partial charge >= 0.3 is 0 Å². The number of aromatic nitrogens is 1. The van der Waals surface area contributed by atoms with E-state index in [-0.39, 0.29) is 11.9 Å². The molecule has 1 aromatic heterocycles. The number of benzene rings is 1. The van der Waals surface area contributed by atoms with Crippen molar-refractivity contribution in [3.05, 3.63) is 42.1 Å². The van der Waals surface area contributed by atoms with Crippen LogP contribution in [0.25, 0.3) is 17.0 Å². The van der Waals surface area contributed by atoms with Gasteiger partial charge in [-0.25, -0.2) is 0 Å². The Balaban J connectivity index is 2.18. The smallest absolute Gasteiger partial charge is 0.244 e. The third-order valence-corrected chi connectivity index (χ3v) is 2.47. The Hall–Kier alpha value is -2.03. The van der Waals surface area contributed by atoms with Gasteiger partial charge in [-0.1, -0.05) is 18.2 Å². The lowest BCUT2D eigenvalue weighted by molar-refractivity contribution is -0.116. The summed E-state index contributed by atoms with van der Waals surface area (Å²) in [6.07, 6.45) is 5.30. The predicted octanol–water partition coefficient (Wildman–Crippen LogP) is 2.71. The molecular weight excluding hydrogens is 212 g/mol. The van der Waals surface area contributed by atoms with Crippen LogP contribution in [0.1, 0.15) is 19.4 Å². The molecular formula is C14H16N2O. The van der Waals surface area contributed by atoms with Crippen LogP contribution >= 0.6 is 0 Å². The Morgan fingerprint density at radius 2 is 2.12 bits per heavy atom. The summed E-state index contributed by atoms with van der Waals surface area (Å²) in [5, 5.41) is 3.94. The summed E-state index contributed by atoms with van der Waals surface area (Å²) in [4.78, 5) is 14.6. The van der Waals surface area contributed by atoms with E-state index in [1.54, 1.807) is 6.08 Å². The minimum Gasteiger partial charge on any atom is -0.361 e. The van der Waals surface area contributed by atoms with Gasteiger partial charge in [0, 0.05) is 29.2 Å². The van der Waals surface area contributed by atoms with Crippen molar-refractivity contribution in [1.82, 2.24) is 10.3 Å². The minimum absolute atomic E-state index is 0.0646. The van der Waals surface area contributed by atoms with Gasteiger partial charge in [0.05, 0.1) is 0 Å². The number of hydrogen-bond donors (Lipinski definition) is 2. The molecule has 3 heteroatoms. The maximum atomic E-state index is 11.5. The molecule has 88 valence electrons. The summed E-state index contributed by atoms with van der Waals surface area (Å²) in [5.41, 5.74) is 2.11. The topological polar surface area (TPSA) is 44.9 Å². The first-order chi connectivity index (χ1) is 8.16. The van der Waals surface area contributed by atoms with Crippen LogP contribution in [0.3, 0.4) is 0 Å². The Morgan fingerprint density at radius 3 is 2.88 bits per heavy atom. The highest BCUT2D eigenvalue weighted by atomic mass is 16.1. The molecule has 0 aliphatic heterocycles. The lowest BCUT2D eigenvalue weighted by Gasteiger charge is -2.03. The van der Waals surface area contributed by atoms with E-state index >= 15 is 0 Å². The number of carbonyl (C=O) groups is 1. The van der Waals surface area contributed by atoms with Crippen LogP contribution in [-0.4, -0.2) is 16.9 Å². The van der Waals surface area contributed by atoms with Gasteiger partial charge in [0.15, 0.2) is 0 Å². The molecule has 17 heavy (non-hydrogen) atoms. The highest BCUT2D eigenvalue weighted by Gasteiger charge is 2.01. The van der Waals surface area contributed by atoms with E-state index in [0.29, 0.717) is 0 Å². The van der Waals surface area contributed by atoms with Gasteiger partial charge in [0.1, 0.15) is 0 Å². The van der Waals surface area contributed by atoms with Crippen molar-refractivity contribution in [1.29, 1.82) is 0 Å². The zero-order valence-electron chi connectivity index (χ0n) is 10.0. The monoisotopic (exact) mass is 228 g/mol. The second-order valence-electron chi connectivity index (χ2n) is 4.29. The highest BCUT2D eigenvalue weighted by molar-refractivity contribution is 5.96. The molecule has 0 fully saturated rings. The van der Waals surface area contributed by atoms with E-state index in [1.165, 1.54) is 0 Å². The van der Waals surface area contributed by atoms with Crippen LogP contribution in [0, 0.1) is 0 Å². The number of H-pyrrole nitrogens is 1. The van der Waals surface area contributed by atoms with E-state index in [0.717, 1.165) is 16.5 Å². The van der Waals surface area contributed by atoms with Gasteiger partial charge in [-0.3, -0.25) is 4.79 Å². The first kappa shape index (κ1) is 11.5. The van der Waals surface area contributed by atoms with Crippen molar-refractivity contribution >= 4 is 22.9 Å². The highest BCUT2D eigenvalue weighted by Crippen LogP contribution is 2.18. The lowest BCUT2D eigenvalue weighted by Crippen LogP contribution is -2.28. The van der Waals surface area contributed by atoms with Crippen LogP contribution in [-0.2, 0) is 4.79 Å². The van der Waals surface area contributed by atoms with E-state index in [1.807, 2.05) is 50.4 Å². The number of carbonyl (C=O) groups excluding carboxylic acids is 1. The zero-order chi connectivity index (χ0) is 12.3. The SMILES string of the molecule is CC(C)NC(=O)/C=C/c1c[nH]c2ccccc12. The molecule has 1 amide bonds. The summed E-state index contributed by atoms with van der Waals surface area (Å²) in [6, 6.07) is 8.18. The first-order valence-corrected chi connectivity index (χ1v) is 5.71. The summed E-state index contributed by atoms with van der Waals surface area (Å²) >= 11 is 0. The van der Waals surface area contributed by atoms with E-state index in [9.17, 15) is 4.79 Å². The second-order valence-corrected chi connectivity index (χ2v) is 4.29. The lowest BCUT2D eigenvalue weighted by atomic mass is 10.1. The minimum atomic E-state index is -0.0646. The maximum Gasteiger partial charge on any atom is 0.244 e. The standard InChI is InChI=1S/C14H16N2O/c1-10(2)16-14(17)8-7-11-9-15-13-6-4-3-5-12(11)13/h3-10,15H,1-2H3,(H,16,17)/b8-7+. The van der Waals surface area contributed by atoms with E-state index < -0.39 is 0 Å². The molecule has 0 spiro atoms. The van der Waals surface area contributed by atoms with Gasteiger partial charge in [0.25, 0.3) is 0 Å². The molecule has 1 aromatic carbocycles. The maximum absolute atomic E-state index is 11.5. The number of fused-ring (bicyclic) bond motifs is 1. The summed E-state index contributed by atoms with van der Waals surface area (Å²) < 4.78 is 0. The number of amides is 1. The largest absolute Gasteiger partial charge is 0.361 e. The molecule has 0 atom stereocenters. The Bertz CT molecular complexity index is 552. The average molecular weight is 228 g/mol. The molecule has 0 aliphatic rings. The van der Waals surface area contributed by atoms with E-state index in [4.69, 9.17) is 0 Å². The fourth-order valence-corrected chi connectivity index (χ4v) is 1.73. The molecule has 0 saturated heterocycles. The molecule has 3 nitrogen and oxygen atoms in total. The average Bonchev–Trinajstić information content (AvgIpc) is 2.69. The normalized spacial score (nSPS) is 11.5. The van der Waals surface area contributed by atoms with Crippen molar-refractivity contribution in [3.63, 3.8) is 0 Å². The van der Waals surface area contributed by atoms with Gasteiger partial charge in [-0.05, 0) is 31.6 Å². The van der Waals surface area contributed by atoms with Crippen LogP contribution in [0.4, 0.5) is 0 Å². The number of hydrogen-bond acceptors (Lipinski definition) is 1. The Kier molecular flexibility index (Phi) is 3.28. The quantitative estimate of drug-likeness (QED) is 0.779. The number of rotatable bonds is 3. The van der Waals surface area contributed by atoms with Crippen LogP contribution in [0.5, 0.6) is 0 Å². The van der Waals surface area contributed by atoms with Gasteiger partial charge < -0.3 is 10.3 Å². The molecule has 0 saturated carbocycles. The number of aromatic amines is 1. The third-order valence-electron chi connectivity index (χ3n) is 2.47. The van der Waals surface area contributed by atoms with Gasteiger partial charge in [-0.15, -0.1) is 0 Å². The third kappa shape index (κ3) is 2.75. The molecule has 2 rings (SSSR count). The van der Waals surface area contributed by atoms with Gasteiger partial charge in [0.2, 0.25) is 5.91 Å². The molecule has 0 aliphatic carbocycles. The fourth-order valence-electron chi connectivity index (χ4n) is 1.73. The van der Waals surface area contributed by atoms with Crippen molar-refractivity contribution in [2.24, 2.45) is 0 Å². The van der Waals surface area contributed by atoms with E-state index in [2.05, 4.69) is 10.3 Å². The fraction of sp³-hybridized carbons (Fsp3) is 0.214. The second kappa shape index (κ2) is 4.87. The van der Waals surface area contributed by atoms with Crippen molar-refractivity contribution in [3.8, 4) is 0 Å². The molecule has 0 bridgehead atoms. The van der Waals surface area contributed by atoms with Crippen molar-refractivity contribution in [2.45, 2.75) is 19.9 Å². The van der Waals surface area contributed by atoms with Crippen LogP contribution < -0.4 is 5.32 Å². The number of para-hydroxylation sites is 1. The van der Waals surface area contributed by atoms with Crippen molar-refractivity contribution in [2.75, 3.05) is 0 Å². The van der Waals surface area contributed by atoms with Crippen LogP contribution in [0.2, 0.25) is 0 Å². The Morgan fingerprint density at radius 1 is 1.35 bits per heavy atom. The molecule has 1 heterocycles. The summed E-state index contributed by atoms with van der Waals surface area (Å²) in [6.45, 7) is 3.88. The van der Waals surface area contributed by atoms with Crippen LogP contribution in [0.15, 0.2) is 36.5 Å². The molecule has 2 N–H and O–H groups in total. The van der Waals surface area contributed by atoms with Crippen molar-refractivity contribution < 1.29 is 4.79 Å². The molecule has 0 unspecified atom stereocenters. The Labute approximate surface area is 101 Å². The summed E-state index contributed by atoms with van der Waals surface area (Å²) in [7, 11) is 0. The van der Waals surface area contributed by atoms with Gasteiger partial charge in [-0.2, -0.15) is 0 Å². The molecule has 0 radical (unpaired) electrons. The first-order valence-electron chi connectivity index (χ1n) is 5.71. The summed E-state index contributed by atoms with van der Waals surface area (Å²) in [5.74, 6) is -0.0646. The number of nitrogens with one attached hydrogen (secondary N) is 2.